The Bertz CT molecular complexity index is 613. The average molecular weight is 230 g/mol. The SMILES string of the molecule is Cn1c(C2CCCN2)nc2ncccc2c1=O. The highest BCUT2D eigenvalue weighted by Crippen LogP contribution is 2.20. The molecule has 2 aromatic heterocycles. The van der Waals surface area contributed by atoms with E-state index in [-0.39, 0.29) is 11.6 Å². The summed E-state index contributed by atoms with van der Waals surface area (Å²) >= 11 is 0. The number of rotatable bonds is 1. The standard InChI is InChI=1S/C12H14N4O/c1-16-11(9-5-3-6-13-9)15-10-8(12(16)17)4-2-7-14-10/h2,4,7,9,13H,3,5-6H2,1H3. The third kappa shape index (κ3) is 1.63. The molecule has 0 spiro atoms. The van der Waals surface area contributed by atoms with Crippen LogP contribution < -0.4 is 10.9 Å². The van der Waals surface area contributed by atoms with E-state index in [1.165, 1.54) is 0 Å². The van der Waals surface area contributed by atoms with E-state index in [9.17, 15) is 4.79 Å². The van der Waals surface area contributed by atoms with Gasteiger partial charge >= 0.3 is 0 Å². The van der Waals surface area contributed by atoms with Gasteiger partial charge in [-0.25, -0.2) is 9.97 Å². The Balaban J connectivity index is 2.25. The quantitative estimate of drug-likeness (QED) is 0.785. The summed E-state index contributed by atoms with van der Waals surface area (Å²) in [6.07, 6.45) is 3.82. The van der Waals surface area contributed by atoms with Gasteiger partial charge in [0.1, 0.15) is 5.82 Å². The van der Waals surface area contributed by atoms with E-state index in [0.29, 0.717) is 11.0 Å². The van der Waals surface area contributed by atoms with E-state index in [0.717, 1.165) is 25.2 Å². The van der Waals surface area contributed by atoms with Gasteiger partial charge in [-0.15, -0.1) is 0 Å². The molecule has 0 bridgehead atoms. The number of hydrogen-bond acceptors (Lipinski definition) is 4. The molecule has 0 saturated carbocycles. The molecule has 1 N–H and O–H groups in total. The second kappa shape index (κ2) is 3.92. The van der Waals surface area contributed by atoms with E-state index in [1.54, 1.807) is 29.9 Å². The van der Waals surface area contributed by atoms with Gasteiger partial charge in [-0.2, -0.15) is 0 Å². The smallest absolute Gasteiger partial charge is 0.262 e. The summed E-state index contributed by atoms with van der Waals surface area (Å²) in [7, 11) is 1.77. The lowest BCUT2D eigenvalue weighted by molar-refractivity contribution is 0.564. The van der Waals surface area contributed by atoms with Crippen molar-refractivity contribution in [3.05, 3.63) is 34.5 Å². The molecule has 1 aliphatic heterocycles. The van der Waals surface area contributed by atoms with E-state index in [2.05, 4.69) is 15.3 Å². The topological polar surface area (TPSA) is 59.8 Å². The molecule has 0 aromatic carbocycles. The number of pyridine rings is 1. The van der Waals surface area contributed by atoms with Gasteiger partial charge in [-0.1, -0.05) is 0 Å². The summed E-state index contributed by atoms with van der Waals surface area (Å²) in [4.78, 5) is 20.8. The minimum atomic E-state index is -0.0215. The number of nitrogens with one attached hydrogen (secondary N) is 1. The first-order valence-electron chi connectivity index (χ1n) is 5.82. The maximum atomic E-state index is 12.2. The first kappa shape index (κ1) is 10.4. The van der Waals surface area contributed by atoms with Gasteiger partial charge in [-0.3, -0.25) is 9.36 Å². The van der Waals surface area contributed by atoms with Crippen LogP contribution in [-0.2, 0) is 7.05 Å². The summed E-state index contributed by atoms with van der Waals surface area (Å²) < 4.78 is 1.63. The van der Waals surface area contributed by atoms with Crippen molar-refractivity contribution in [3.63, 3.8) is 0 Å². The van der Waals surface area contributed by atoms with Gasteiger partial charge in [0.25, 0.3) is 5.56 Å². The lowest BCUT2D eigenvalue weighted by Gasteiger charge is -2.14. The van der Waals surface area contributed by atoms with Crippen molar-refractivity contribution in [2.24, 2.45) is 7.05 Å². The molecule has 3 heterocycles. The van der Waals surface area contributed by atoms with E-state index >= 15 is 0 Å². The van der Waals surface area contributed by atoms with Gasteiger partial charge in [0.2, 0.25) is 0 Å². The monoisotopic (exact) mass is 230 g/mol. The Labute approximate surface area is 98.5 Å². The van der Waals surface area contributed by atoms with Crippen molar-refractivity contribution >= 4 is 11.0 Å². The summed E-state index contributed by atoms with van der Waals surface area (Å²) in [5.41, 5.74) is 0.520. The third-order valence-electron chi connectivity index (χ3n) is 3.26. The van der Waals surface area contributed by atoms with Gasteiger partial charge in [0.05, 0.1) is 11.4 Å². The van der Waals surface area contributed by atoms with E-state index in [1.807, 2.05) is 0 Å². The molecule has 2 aromatic rings. The summed E-state index contributed by atoms with van der Waals surface area (Å²) in [5.74, 6) is 0.790. The Hall–Kier alpha value is -1.75. The highest BCUT2D eigenvalue weighted by molar-refractivity contribution is 5.72. The Morgan fingerprint density at radius 3 is 3.18 bits per heavy atom. The molecule has 88 valence electrons. The molecule has 1 aliphatic rings. The molecule has 3 rings (SSSR count). The van der Waals surface area contributed by atoms with E-state index in [4.69, 9.17) is 0 Å². The third-order valence-corrected chi connectivity index (χ3v) is 3.26. The molecule has 5 heteroatoms. The normalized spacial score (nSPS) is 19.9. The predicted octanol–water partition coefficient (Wildman–Crippen LogP) is 0.753. The first-order chi connectivity index (χ1) is 8.27. The zero-order valence-electron chi connectivity index (χ0n) is 9.68. The van der Waals surface area contributed by atoms with Crippen molar-refractivity contribution < 1.29 is 0 Å². The van der Waals surface area contributed by atoms with Crippen LogP contribution in [0.5, 0.6) is 0 Å². The summed E-state index contributed by atoms with van der Waals surface area (Å²) in [5, 5.41) is 3.94. The maximum Gasteiger partial charge on any atom is 0.262 e. The van der Waals surface area contributed by atoms with Crippen LogP contribution in [0.3, 0.4) is 0 Å². The van der Waals surface area contributed by atoms with Crippen LogP contribution in [0.25, 0.3) is 11.0 Å². The molecular formula is C12H14N4O. The summed E-state index contributed by atoms with van der Waals surface area (Å²) in [6, 6.07) is 3.71. The van der Waals surface area contributed by atoms with Crippen molar-refractivity contribution in [2.75, 3.05) is 6.54 Å². The predicted molar refractivity (Wildman–Crippen MR) is 64.8 cm³/mol. The molecule has 0 amide bonds. The fourth-order valence-electron chi connectivity index (χ4n) is 2.34. The Morgan fingerprint density at radius 1 is 1.53 bits per heavy atom. The van der Waals surface area contributed by atoms with Crippen LogP contribution in [0.15, 0.2) is 23.1 Å². The van der Waals surface area contributed by atoms with Crippen LogP contribution in [0, 0.1) is 0 Å². The highest BCUT2D eigenvalue weighted by Gasteiger charge is 2.21. The van der Waals surface area contributed by atoms with Gasteiger partial charge in [-0.05, 0) is 31.5 Å². The zero-order chi connectivity index (χ0) is 11.8. The second-order valence-electron chi connectivity index (χ2n) is 4.36. The molecule has 17 heavy (non-hydrogen) atoms. The molecule has 0 radical (unpaired) electrons. The van der Waals surface area contributed by atoms with Crippen molar-refractivity contribution in [1.29, 1.82) is 0 Å². The van der Waals surface area contributed by atoms with Crippen molar-refractivity contribution in [1.82, 2.24) is 19.9 Å². The average Bonchev–Trinajstić information content (AvgIpc) is 2.87. The Morgan fingerprint density at radius 2 is 2.41 bits per heavy atom. The van der Waals surface area contributed by atoms with Crippen LogP contribution in [0.2, 0.25) is 0 Å². The number of fused-ring (bicyclic) bond motifs is 1. The molecule has 0 aliphatic carbocycles. The largest absolute Gasteiger partial charge is 0.307 e. The second-order valence-corrected chi connectivity index (χ2v) is 4.36. The fourth-order valence-corrected chi connectivity index (χ4v) is 2.34. The highest BCUT2D eigenvalue weighted by atomic mass is 16.1. The molecule has 1 saturated heterocycles. The van der Waals surface area contributed by atoms with E-state index < -0.39 is 0 Å². The maximum absolute atomic E-state index is 12.2. The molecular weight excluding hydrogens is 216 g/mol. The lowest BCUT2D eigenvalue weighted by Crippen LogP contribution is -2.27. The molecule has 5 nitrogen and oxygen atoms in total. The lowest BCUT2D eigenvalue weighted by atomic mass is 10.2. The Kier molecular flexibility index (Phi) is 2.40. The molecule has 1 atom stereocenters. The van der Waals surface area contributed by atoms with Crippen LogP contribution in [0.1, 0.15) is 24.7 Å². The van der Waals surface area contributed by atoms with Crippen LogP contribution in [0.4, 0.5) is 0 Å². The van der Waals surface area contributed by atoms with Gasteiger partial charge in [0, 0.05) is 13.2 Å². The van der Waals surface area contributed by atoms with Crippen LogP contribution in [-0.4, -0.2) is 21.1 Å². The van der Waals surface area contributed by atoms with Crippen molar-refractivity contribution in [3.8, 4) is 0 Å². The fraction of sp³-hybridized carbons (Fsp3) is 0.417. The van der Waals surface area contributed by atoms with Crippen molar-refractivity contribution in [2.45, 2.75) is 18.9 Å². The van der Waals surface area contributed by atoms with Gasteiger partial charge < -0.3 is 5.32 Å². The van der Waals surface area contributed by atoms with Crippen LogP contribution >= 0.6 is 0 Å². The minimum absolute atomic E-state index is 0.0215. The number of hydrogen-bond donors (Lipinski definition) is 1. The van der Waals surface area contributed by atoms with Gasteiger partial charge in [0.15, 0.2) is 5.65 Å². The molecule has 1 unspecified atom stereocenters. The summed E-state index contributed by atoms with van der Waals surface area (Å²) in [6.45, 7) is 0.987. The molecule has 1 fully saturated rings. The number of nitrogens with zero attached hydrogens (tertiary/aromatic N) is 3. The minimum Gasteiger partial charge on any atom is -0.307 e. The zero-order valence-corrected chi connectivity index (χ0v) is 9.68. The number of aromatic nitrogens is 3. The first-order valence-corrected chi connectivity index (χ1v) is 5.82.